The minimum absolute atomic E-state index is 0.0580. The number of nitrogens with zero attached hydrogens (tertiary/aromatic N) is 5. The predicted molar refractivity (Wildman–Crippen MR) is 151 cm³/mol. The molecule has 0 aliphatic carbocycles. The maximum atomic E-state index is 13.2. The summed E-state index contributed by atoms with van der Waals surface area (Å²) < 4.78 is 1.91. The average Bonchev–Trinajstić information content (AvgIpc) is 3.39. The second-order valence-electron chi connectivity index (χ2n) is 9.96. The highest BCUT2D eigenvalue weighted by molar-refractivity contribution is 5.80. The van der Waals surface area contributed by atoms with Crippen LogP contribution in [-0.2, 0) is 26.1 Å². The van der Waals surface area contributed by atoms with E-state index in [9.17, 15) is 4.79 Å². The van der Waals surface area contributed by atoms with Gasteiger partial charge in [-0.3, -0.25) is 9.69 Å². The fraction of sp³-hybridized carbons (Fsp3) is 0.290. The number of tetrazole rings is 1. The molecule has 2 aromatic heterocycles. The number of fused-ring (bicyclic) bond motifs is 1. The van der Waals surface area contributed by atoms with Gasteiger partial charge in [-0.05, 0) is 83.0 Å². The van der Waals surface area contributed by atoms with Crippen LogP contribution in [0, 0.1) is 13.8 Å². The summed E-state index contributed by atoms with van der Waals surface area (Å²) in [6.07, 6.45) is 1.65. The van der Waals surface area contributed by atoms with Crippen molar-refractivity contribution in [3.05, 3.63) is 123 Å². The SMILES string of the molecule is CCC(c1nnnn1CCc1ccccc1)N(Cc1ccccc1)Cc1cc2cc(C)c(C)cc2[nH]c1=O. The van der Waals surface area contributed by atoms with Crippen LogP contribution < -0.4 is 5.56 Å². The summed E-state index contributed by atoms with van der Waals surface area (Å²) in [6.45, 7) is 8.17. The van der Waals surface area contributed by atoms with Gasteiger partial charge in [-0.2, -0.15) is 0 Å². The van der Waals surface area contributed by atoms with Crippen molar-refractivity contribution >= 4 is 10.9 Å². The van der Waals surface area contributed by atoms with E-state index in [2.05, 4.69) is 88.6 Å². The molecule has 2 heterocycles. The molecule has 3 aromatic carbocycles. The van der Waals surface area contributed by atoms with Gasteiger partial charge in [-0.1, -0.05) is 67.6 Å². The maximum Gasteiger partial charge on any atom is 0.252 e. The molecule has 1 unspecified atom stereocenters. The van der Waals surface area contributed by atoms with Crippen LogP contribution in [-0.4, -0.2) is 30.1 Å². The van der Waals surface area contributed by atoms with Crippen molar-refractivity contribution in [3.8, 4) is 0 Å². The topological polar surface area (TPSA) is 79.7 Å². The molecular formula is C31H34N6O. The summed E-state index contributed by atoms with van der Waals surface area (Å²) in [6, 6.07) is 26.9. The largest absolute Gasteiger partial charge is 0.322 e. The first-order chi connectivity index (χ1) is 18.5. The second-order valence-corrected chi connectivity index (χ2v) is 9.96. The van der Waals surface area contributed by atoms with Gasteiger partial charge in [-0.25, -0.2) is 4.68 Å². The number of H-pyrrole nitrogens is 1. The van der Waals surface area contributed by atoms with Crippen LogP contribution in [0.3, 0.4) is 0 Å². The minimum atomic E-state index is -0.0594. The van der Waals surface area contributed by atoms with Gasteiger partial charge in [0.2, 0.25) is 0 Å². The Morgan fingerprint density at radius 1 is 0.895 bits per heavy atom. The summed E-state index contributed by atoms with van der Waals surface area (Å²) in [5, 5.41) is 13.9. The number of benzene rings is 3. The molecule has 0 amide bonds. The first-order valence-electron chi connectivity index (χ1n) is 13.2. The number of pyridine rings is 1. The van der Waals surface area contributed by atoms with Crippen LogP contribution >= 0.6 is 0 Å². The minimum Gasteiger partial charge on any atom is -0.322 e. The molecule has 7 heteroatoms. The Labute approximate surface area is 223 Å². The van der Waals surface area contributed by atoms with Gasteiger partial charge in [0.25, 0.3) is 5.56 Å². The maximum absolute atomic E-state index is 13.2. The molecule has 0 radical (unpaired) electrons. The number of aryl methyl sites for hydroxylation is 4. The number of aromatic nitrogens is 5. The van der Waals surface area contributed by atoms with Gasteiger partial charge < -0.3 is 4.98 Å². The number of nitrogens with one attached hydrogen (secondary N) is 1. The lowest BCUT2D eigenvalue weighted by Gasteiger charge is -2.30. The Bertz CT molecular complexity index is 1560. The number of rotatable bonds is 10. The predicted octanol–water partition coefficient (Wildman–Crippen LogP) is 5.53. The van der Waals surface area contributed by atoms with Gasteiger partial charge in [0.15, 0.2) is 5.82 Å². The molecule has 5 aromatic rings. The van der Waals surface area contributed by atoms with E-state index < -0.39 is 0 Å². The van der Waals surface area contributed by atoms with Crippen molar-refractivity contribution < 1.29 is 0 Å². The molecule has 0 aliphatic rings. The van der Waals surface area contributed by atoms with E-state index in [0.29, 0.717) is 19.6 Å². The first-order valence-corrected chi connectivity index (χ1v) is 13.2. The first kappa shape index (κ1) is 25.5. The van der Waals surface area contributed by atoms with Crippen LogP contribution in [0.15, 0.2) is 83.7 Å². The zero-order valence-electron chi connectivity index (χ0n) is 22.3. The van der Waals surface area contributed by atoms with Crippen molar-refractivity contribution in [3.63, 3.8) is 0 Å². The van der Waals surface area contributed by atoms with Gasteiger partial charge in [0.05, 0.1) is 6.04 Å². The van der Waals surface area contributed by atoms with Crippen molar-refractivity contribution in [1.29, 1.82) is 0 Å². The molecule has 1 N–H and O–H groups in total. The van der Waals surface area contributed by atoms with E-state index in [0.717, 1.165) is 35.1 Å². The van der Waals surface area contributed by atoms with Gasteiger partial charge >= 0.3 is 0 Å². The van der Waals surface area contributed by atoms with E-state index in [1.54, 1.807) is 0 Å². The van der Waals surface area contributed by atoms with E-state index in [1.807, 2.05) is 41.1 Å². The third-order valence-electron chi connectivity index (χ3n) is 7.28. The fourth-order valence-electron chi connectivity index (χ4n) is 5.05. The summed E-state index contributed by atoms with van der Waals surface area (Å²) >= 11 is 0. The molecule has 0 fully saturated rings. The summed E-state index contributed by atoms with van der Waals surface area (Å²) in [7, 11) is 0. The average molecular weight is 507 g/mol. The number of aromatic amines is 1. The standard InChI is InChI=1S/C31H34N6O/c1-4-29(30-33-34-35-37(30)16-15-24-11-7-5-8-12-24)36(20-25-13-9-6-10-14-25)21-27-19-26-17-22(2)23(3)18-28(26)32-31(27)38/h5-14,17-19,29H,4,15-16,20-21H2,1-3H3,(H,32,38). The van der Waals surface area contributed by atoms with Crippen molar-refractivity contribution in [2.24, 2.45) is 0 Å². The lowest BCUT2D eigenvalue weighted by Crippen LogP contribution is -2.32. The van der Waals surface area contributed by atoms with Gasteiger partial charge in [0, 0.05) is 30.7 Å². The number of hydrogen-bond donors (Lipinski definition) is 1. The van der Waals surface area contributed by atoms with Crippen molar-refractivity contribution in [2.45, 2.75) is 59.3 Å². The third-order valence-corrected chi connectivity index (χ3v) is 7.28. The fourth-order valence-corrected chi connectivity index (χ4v) is 5.05. The van der Waals surface area contributed by atoms with E-state index in [4.69, 9.17) is 0 Å². The smallest absolute Gasteiger partial charge is 0.252 e. The quantitative estimate of drug-likeness (QED) is 0.270. The zero-order chi connectivity index (χ0) is 26.5. The molecular weight excluding hydrogens is 472 g/mol. The summed E-state index contributed by atoms with van der Waals surface area (Å²) in [5.41, 5.74) is 6.35. The van der Waals surface area contributed by atoms with Crippen LogP contribution in [0.25, 0.3) is 10.9 Å². The molecule has 5 rings (SSSR count). The van der Waals surface area contributed by atoms with Crippen LogP contribution in [0.1, 0.15) is 53.0 Å². The normalized spacial score (nSPS) is 12.3. The van der Waals surface area contributed by atoms with E-state index in [1.165, 1.54) is 22.3 Å². The molecule has 0 saturated carbocycles. The van der Waals surface area contributed by atoms with E-state index >= 15 is 0 Å². The lowest BCUT2D eigenvalue weighted by molar-refractivity contribution is 0.160. The summed E-state index contributed by atoms with van der Waals surface area (Å²) in [5.74, 6) is 0.822. The van der Waals surface area contributed by atoms with E-state index in [-0.39, 0.29) is 11.6 Å². The molecule has 38 heavy (non-hydrogen) atoms. The highest BCUT2D eigenvalue weighted by Gasteiger charge is 2.26. The monoisotopic (exact) mass is 506 g/mol. The van der Waals surface area contributed by atoms with Crippen LogP contribution in [0.2, 0.25) is 0 Å². The Balaban J connectivity index is 1.48. The van der Waals surface area contributed by atoms with Gasteiger partial charge in [-0.15, -0.1) is 5.10 Å². The highest BCUT2D eigenvalue weighted by Crippen LogP contribution is 2.27. The van der Waals surface area contributed by atoms with Crippen molar-refractivity contribution in [1.82, 2.24) is 30.1 Å². The molecule has 0 bridgehead atoms. The summed E-state index contributed by atoms with van der Waals surface area (Å²) in [4.78, 5) is 18.6. The molecule has 0 spiro atoms. The molecule has 7 nitrogen and oxygen atoms in total. The molecule has 0 aliphatic heterocycles. The van der Waals surface area contributed by atoms with Crippen molar-refractivity contribution in [2.75, 3.05) is 0 Å². The lowest BCUT2D eigenvalue weighted by atomic mass is 10.0. The molecule has 1 atom stereocenters. The Kier molecular flexibility index (Phi) is 7.75. The Morgan fingerprint density at radius 3 is 2.29 bits per heavy atom. The Morgan fingerprint density at radius 2 is 1.58 bits per heavy atom. The second kappa shape index (κ2) is 11.5. The molecule has 194 valence electrons. The van der Waals surface area contributed by atoms with Gasteiger partial charge in [0.1, 0.15) is 0 Å². The molecule has 0 saturated heterocycles. The third kappa shape index (κ3) is 5.73. The highest BCUT2D eigenvalue weighted by atomic mass is 16.1. The Hall–Kier alpha value is -4.10. The number of hydrogen-bond acceptors (Lipinski definition) is 5. The van der Waals surface area contributed by atoms with Crippen LogP contribution in [0.5, 0.6) is 0 Å². The zero-order valence-corrected chi connectivity index (χ0v) is 22.3. The van der Waals surface area contributed by atoms with Crippen LogP contribution in [0.4, 0.5) is 0 Å².